The summed E-state index contributed by atoms with van der Waals surface area (Å²) >= 11 is 0. The van der Waals surface area contributed by atoms with Gasteiger partial charge in [0, 0.05) is 30.9 Å². The molecule has 5 nitrogen and oxygen atoms in total. The fourth-order valence-electron chi connectivity index (χ4n) is 3.09. The number of likely N-dealkylation sites (tertiary alicyclic amines) is 1. The molecular weight excluding hydrogens is 383 g/mol. The van der Waals surface area contributed by atoms with Crippen LogP contribution in [0.15, 0.2) is 48.5 Å². The van der Waals surface area contributed by atoms with Gasteiger partial charge >= 0.3 is 6.18 Å². The van der Waals surface area contributed by atoms with Crippen molar-refractivity contribution in [2.24, 2.45) is 0 Å². The summed E-state index contributed by atoms with van der Waals surface area (Å²) < 4.78 is 37.6. The van der Waals surface area contributed by atoms with E-state index in [9.17, 15) is 22.8 Å². The minimum Gasteiger partial charge on any atom is -0.376 e. The molecule has 0 bridgehead atoms. The number of hydrogen-bond acceptors (Lipinski definition) is 3. The van der Waals surface area contributed by atoms with Gasteiger partial charge < -0.3 is 15.5 Å². The number of carbonyl (C=O) groups is 2. The monoisotopic (exact) mass is 405 g/mol. The molecule has 2 N–H and O–H groups in total. The van der Waals surface area contributed by atoms with Gasteiger partial charge in [-0.05, 0) is 54.8 Å². The number of halogens is 3. The number of nitrogens with zero attached hydrogens (tertiary/aromatic N) is 1. The van der Waals surface area contributed by atoms with Crippen LogP contribution in [0.2, 0.25) is 0 Å². The molecule has 0 aliphatic carbocycles. The summed E-state index contributed by atoms with van der Waals surface area (Å²) in [7, 11) is 0. The van der Waals surface area contributed by atoms with E-state index in [1.807, 2.05) is 4.90 Å². The van der Waals surface area contributed by atoms with Gasteiger partial charge in [-0.15, -0.1) is 0 Å². The zero-order valence-corrected chi connectivity index (χ0v) is 15.8. The van der Waals surface area contributed by atoms with Crippen molar-refractivity contribution in [3.63, 3.8) is 0 Å². The van der Waals surface area contributed by atoms with Crippen molar-refractivity contribution in [3.8, 4) is 0 Å². The van der Waals surface area contributed by atoms with Crippen LogP contribution in [0.5, 0.6) is 0 Å². The maximum atomic E-state index is 12.5. The van der Waals surface area contributed by atoms with Crippen molar-refractivity contribution in [1.29, 1.82) is 0 Å². The smallest absolute Gasteiger partial charge is 0.376 e. The summed E-state index contributed by atoms with van der Waals surface area (Å²) in [4.78, 5) is 26.1. The Morgan fingerprint density at radius 2 is 1.55 bits per heavy atom. The highest BCUT2D eigenvalue weighted by Crippen LogP contribution is 2.29. The number of amides is 2. The first-order valence-electron chi connectivity index (χ1n) is 9.39. The van der Waals surface area contributed by atoms with Crippen LogP contribution in [0.4, 0.5) is 18.9 Å². The van der Waals surface area contributed by atoms with Crippen molar-refractivity contribution in [2.45, 2.75) is 25.6 Å². The minimum atomic E-state index is -4.38. The number of nitrogens with one attached hydrogen (secondary N) is 2. The van der Waals surface area contributed by atoms with Crippen LogP contribution in [0.1, 0.15) is 34.3 Å². The zero-order chi connectivity index (χ0) is 20.9. The summed E-state index contributed by atoms with van der Waals surface area (Å²) in [6, 6.07) is 11.6. The van der Waals surface area contributed by atoms with Crippen LogP contribution in [0.3, 0.4) is 0 Å². The van der Waals surface area contributed by atoms with Crippen LogP contribution < -0.4 is 10.6 Å². The van der Waals surface area contributed by atoms with E-state index in [-0.39, 0.29) is 18.4 Å². The Balaban J connectivity index is 1.44. The minimum absolute atomic E-state index is 0.0267. The van der Waals surface area contributed by atoms with Gasteiger partial charge in [0.05, 0.1) is 12.1 Å². The largest absolute Gasteiger partial charge is 0.416 e. The molecule has 0 atom stereocenters. The Labute approximate surface area is 166 Å². The van der Waals surface area contributed by atoms with E-state index in [2.05, 4.69) is 10.6 Å². The van der Waals surface area contributed by atoms with E-state index in [4.69, 9.17) is 0 Å². The van der Waals surface area contributed by atoms with E-state index in [0.717, 1.165) is 43.6 Å². The predicted octanol–water partition coefficient (Wildman–Crippen LogP) is 3.67. The van der Waals surface area contributed by atoms with Gasteiger partial charge in [-0.25, -0.2) is 0 Å². The van der Waals surface area contributed by atoms with Crippen LogP contribution in [-0.2, 0) is 17.5 Å². The van der Waals surface area contributed by atoms with Crippen LogP contribution in [0.25, 0.3) is 0 Å². The first-order valence-corrected chi connectivity index (χ1v) is 9.39. The van der Waals surface area contributed by atoms with E-state index < -0.39 is 11.7 Å². The first kappa shape index (κ1) is 20.7. The highest BCUT2D eigenvalue weighted by atomic mass is 19.4. The van der Waals surface area contributed by atoms with Gasteiger partial charge in [-0.1, -0.05) is 12.1 Å². The molecule has 2 aromatic rings. The molecule has 1 saturated heterocycles. The number of carbonyl (C=O) groups excluding carboxylic acids is 2. The van der Waals surface area contributed by atoms with Gasteiger partial charge in [0.25, 0.3) is 5.91 Å². The molecule has 1 fully saturated rings. The zero-order valence-electron chi connectivity index (χ0n) is 15.8. The third-order valence-electron chi connectivity index (χ3n) is 4.75. The summed E-state index contributed by atoms with van der Waals surface area (Å²) in [6.07, 6.45) is -2.31. The summed E-state index contributed by atoms with van der Waals surface area (Å²) in [5.41, 5.74) is 1.17. The quantitative estimate of drug-likeness (QED) is 0.771. The maximum Gasteiger partial charge on any atom is 0.416 e. The lowest BCUT2D eigenvalue weighted by Gasteiger charge is -2.15. The second-order valence-corrected chi connectivity index (χ2v) is 6.90. The number of hydrogen-bond donors (Lipinski definition) is 2. The van der Waals surface area contributed by atoms with E-state index in [0.29, 0.717) is 17.8 Å². The van der Waals surface area contributed by atoms with Crippen LogP contribution in [-0.4, -0.2) is 36.3 Å². The third kappa shape index (κ3) is 5.73. The summed E-state index contributed by atoms with van der Waals surface area (Å²) in [5, 5.41) is 5.52. The molecule has 1 heterocycles. The topological polar surface area (TPSA) is 61.4 Å². The molecule has 2 amide bonds. The Morgan fingerprint density at radius 3 is 2.14 bits per heavy atom. The number of anilines is 1. The van der Waals surface area contributed by atoms with E-state index in [1.165, 1.54) is 12.1 Å². The van der Waals surface area contributed by atoms with Crippen molar-refractivity contribution in [3.05, 3.63) is 65.2 Å². The first-order chi connectivity index (χ1) is 13.8. The lowest BCUT2D eigenvalue weighted by atomic mass is 10.1. The normalized spacial score (nSPS) is 14.0. The predicted molar refractivity (Wildman–Crippen MR) is 103 cm³/mol. The molecule has 3 rings (SSSR count). The van der Waals surface area contributed by atoms with Crippen molar-refractivity contribution in [2.75, 3.05) is 25.0 Å². The Kier molecular flexibility index (Phi) is 6.41. The highest BCUT2D eigenvalue weighted by molar-refractivity contribution is 5.94. The Morgan fingerprint density at radius 1 is 0.931 bits per heavy atom. The molecule has 1 aliphatic rings. The van der Waals surface area contributed by atoms with E-state index >= 15 is 0 Å². The summed E-state index contributed by atoms with van der Waals surface area (Å²) in [6.45, 7) is 1.83. The fourth-order valence-corrected chi connectivity index (χ4v) is 3.09. The maximum absolute atomic E-state index is 12.5. The standard InChI is InChI=1S/C21H22F3N3O2/c22-21(23,24)17-7-9-18(10-8-17)25-14-19(28)26-13-15-3-5-16(6-4-15)20(29)27-11-1-2-12-27/h3-10,25H,1-2,11-14H2,(H,26,28). The lowest BCUT2D eigenvalue weighted by Crippen LogP contribution is -2.29. The van der Waals surface area contributed by atoms with Gasteiger partial charge in [0.1, 0.15) is 0 Å². The molecule has 0 unspecified atom stereocenters. The molecule has 0 spiro atoms. The fraction of sp³-hybridized carbons (Fsp3) is 0.333. The van der Waals surface area contributed by atoms with Crippen molar-refractivity contribution in [1.82, 2.24) is 10.2 Å². The number of benzene rings is 2. The van der Waals surface area contributed by atoms with E-state index in [1.54, 1.807) is 24.3 Å². The molecule has 2 aromatic carbocycles. The molecule has 0 aromatic heterocycles. The molecule has 0 radical (unpaired) electrons. The average molecular weight is 405 g/mol. The molecule has 29 heavy (non-hydrogen) atoms. The molecular formula is C21H22F3N3O2. The van der Waals surface area contributed by atoms with Crippen LogP contribution >= 0.6 is 0 Å². The molecule has 1 aliphatic heterocycles. The Hall–Kier alpha value is -3.03. The van der Waals surface area contributed by atoms with Crippen LogP contribution in [0, 0.1) is 0 Å². The highest BCUT2D eigenvalue weighted by Gasteiger charge is 2.29. The SMILES string of the molecule is O=C(CNc1ccc(C(F)(F)F)cc1)NCc1ccc(C(=O)N2CCCC2)cc1. The molecule has 0 saturated carbocycles. The van der Waals surface area contributed by atoms with Gasteiger partial charge in [-0.2, -0.15) is 13.2 Å². The third-order valence-corrected chi connectivity index (χ3v) is 4.75. The number of alkyl halides is 3. The molecule has 154 valence electrons. The second-order valence-electron chi connectivity index (χ2n) is 6.90. The molecule has 8 heteroatoms. The van der Waals surface area contributed by atoms with Gasteiger partial charge in [-0.3, -0.25) is 9.59 Å². The summed E-state index contributed by atoms with van der Waals surface area (Å²) in [5.74, 6) is -0.263. The second kappa shape index (κ2) is 8.98. The lowest BCUT2D eigenvalue weighted by molar-refractivity contribution is -0.137. The van der Waals surface area contributed by atoms with Gasteiger partial charge in [0.2, 0.25) is 5.91 Å². The van der Waals surface area contributed by atoms with Gasteiger partial charge in [0.15, 0.2) is 0 Å². The average Bonchev–Trinajstić information content (AvgIpc) is 3.25. The Bertz CT molecular complexity index is 843. The van der Waals surface area contributed by atoms with Crippen molar-refractivity contribution >= 4 is 17.5 Å². The number of rotatable bonds is 6. The van der Waals surface area contributed by atoms with Crippen molar-refractivity contribution < 1.29 is 22.8 Å².